The summed E-state index contributed by atoms with van der Waals surface area (Å²) in [6.45, 7) is 4.89. The van der Waals surface area contributed by atoms with E-state index in [1.807, 2.05) is 0 Å². The molecule has 0 spiro atoms. The zero-order valence-corrected chi connectivity index (χ0v) is 9.41. The summed E-state index contributed by atoms with van der Waals surface area (Å²) in [6.07, 6.45) is 0.119. The van der Waals surface area contributed by atoms with Crippen molar-refractivity contribution in [3.05, 3.63) is 0 Å². The van der Waals surface area contributed by atoms with Crippen LogP contribution in [0.15, 0.2) is 0 Å². The second-order valence-electron chi connectivity index (χ2n) is 3.57. The highest BCUT2D eigenvalue weighted by atomic mass is 16.5. The van der Waals surface area contributed by atoms with Crippen LogP contribution in [0.1, 0.15) is 33.6 Å². The fraction of sp³-hybridized carbons (Fsp3) is 0.800. The molecule has 0 radical (unpaired) electrons. The first-order chi connectivity index (χ1) is 6.87. The lowest BCUT2D eigenvalue weighted by Gasteiger charge is -2.21. The third-order valence-corrected chi connectivity index (χ3v) is 1.78. The first-order valence-corrected chi connectivity index (χ1v) is 4.89. The van der Waals surface area contributed by atoms with Crippen molar-refractivity contribution in [1.29, 1.82) is 0 Å². The topological polar surface area (TPSA) is 72.8 Å². The number of esters is 2. The molecule has 0 saturated heterocycles. The van der Waals surface area contributed by atoms with E-state index in [4.69, 9.17) is 4.74 Å². The number of rotatable bonds is 6. The Bertz CT molecular complexity index is 222. The van der Waals surface area contributed by atoms with Gasteiger partial charge in [0.1, 0.15) is 0 Å². The van der Waals surface area contributed by atoms with Crippen LogP contribution in [0.25, 0.3) is 0 Å². The molecule has 0 aromatic heterocycles. The van der Waals surface area contributed by atoms with E-state index in [0.29, 0.717) is 6.61 Å². The van der Waals surface area contributed by atoms with E-state index in [1.54, 1.807) is 6.92 Å². The van der Waals surface area contributed by atoms with Gasteiger partial charge < -0.3 is 14.6 Å². The van der Waals surface area contributed by atoms with E-state index in [1.165, 1.54) is 13.8 Å². The molecular formula is C10H18O5. The maximum absolute atomic E-state index is 11.1. The molecule has 0 aliphatic rings. The predicted octanol–water partition coefficient (Wildman–Crippen LogP) is 0.644. The van der Waals surface area contributed by atoms with Crippen molar-refractivity contribution in [2.24, 2.45) is 0 Å². The van der Waals surface area contributed by atoms with E-state index >= 15 is 0 Å². The highest BCUT2D eigenvalue weighted by molar-refractivity contribution is 5.70. The molecule has 0 saturated carbocycles. The second kappa shape index (κ2) is 6.40. The Morgan fingerprint density at radius 2 is 1.93 bits per heavy atom. The molecule has 0 heterocycles. The second-order valence-corrected chi connectivity index (χ2v) is 3.57. The summed E-state index contributed by atoms with van der Waals surface area (Å²) >= 11 is 0. The molecule has 88 valence electrons. The molecule has 5 heteroatoms. The molecule has 0 aliphatic heterocycles. The normalized spacial score (nSPS) is 14.1. The minimum atomic E-state index is -1.19. The first kappa shape index (κ1) is 13.9. The van der Waals surface area contributed by atoms with Crippen LogP contribution >= 0.6 is 0 Å². The lowest BCUT2D eigenvalue weighted by molar-refractivity contribution is -0.149. The highest BCUT2D eigenvalue weighted by Crippen LogP contribution is 2.15. The van der Waals surface area contributed by atoms with Crippen LogP contribution in [0.3, 0.4) is 0 Å². The SMILES string of the molecule is CCOC(=O)CC(C)(O)CCOC(C)=O. The predicted molar refractivity (Wildman–Crippen MR) is 53.1 cm³/mol. The lowest BCUT2D eigenvalue weighted by Crippen LogP contribution is -2.30. The molecule has 0 aromatic carbocycles. The van der Waals surface area contributed by atoms with Gasteiger partial charge in [0.05, 0.1) is 25.2 Å². The van der Waals surface area contributed by atoms with Crippen molar-refractivity contribution in [3.8, 4) is 0 Å². The Hall–Kier alpha value is -1.10. The maximum atomic E-state index is 11.1. The first-order valence-electron chi connectivity index (χ1n) is 4.89. The monoisotopic (exact) mass is 218 g/mol. The smallest absolute Gasteiger partial charge is 0.308 e. The molecule has 15 heavy (non-hydrogen) atoms. The van der Waals surface area contributed by atoms with Crippen LogP contribution in [0.2, 0.25) is 0 Å². The van der Waals surface area contributed by atoms with Gasteiger partial charge in [0, 0.05) is 13.3 Å². The van der Waals surface area contributed by atoms with Gasteiger partial charge in [-0.1, -0.05) is 0 Å². The van der Waals surface area contributed by atoms with Crippen LogP contribution in [-0.2, 0) is 19.1 Å². The summed E-state index contributed by atoms with van der Waals surface area (Å²) in [7, 11) is 0. The third-order valence-electron chi connectivity index (χ3n) is 1.78. The summed E-state index contributed by atoms with van der Waals surface area (Å²) in [5, 5.41) is 9.73. The molecular weight excluding hydrogens is 200 g/mol. The number of carbonyl (C=O) groups excluding carboxylic acids is 2. The number of hydrogen-bond acceptors (Lipinski definition) is 5. The summed E-state index contributed by atoms with van der Waals surface area (Å²) in [6, 6.07) is 0. The number of aliphatic hydroxyl groups is 1. The Balaban J connectivity index is 3.85. The molecule has 0 bridgehead atoms. The quantitative estimate of drug-likeness (QED) is 0.662. The highest BCUT2D eigenvalue weighted by Gasteiger charge is 2.25. The lowest BCUT2D eigenvalue weighted by atomic mass is 9.99. The van der Waals surface area contributed by atoms with Crippen LogP contribution < -0.4 is 0 Å². The van der Waals surface area contributed by atoms with E-state index in [2.05, 4.69) is 4.74 Å². The van der Waals surface area contributed by atoms with E-state index in [0.717, 1.165) is 0 Å². The Morgan fingerprint density at radius 1 is 1.33 bits per heavy atom. The molecule has 0 aliphatic carbocycles. The Kier molecular flexibility index (Phi) is 5.93. The molecule has 1 N–H and O–H groups in total. The van der Waals surface area contributed by atoms with Crippen LogP contribution in [0.4, 0.5) is 0 Å². The van der Waals surface area contributed by atoms with E-state index < -0.39 is 17.5 Å². The molecule has 0 amide bonds. The van der Waals surface area contributed by atoms with Gasteiger partial charge in [0.25, 0.3) is 0 Å². The van der Waals surface area contributed by atoms with Gasteiger partial charge in [-0.2, -0.15) is 0 Å². The minimum Gasteiger partial charge on any atom is -0.466 e. The summed E-state index contributed by atoms with van der Waals surface area (Å²) in [4.78, 5) is 21.5. The van der Waals surface area contributed by atoms with Crippen LogP contribution in [-0.4, -0.2) is 35.9 Å². The Labute approximate surface area is 89.4 Å². The zero-order valence-electron chi connectivity index (χ0n) is 9.41. The van der Waals surface area contributed by atoms with Crippen molar-refractivity contribution in [3.63, 3.8) is 0 Å². The average molecular weight is 218 g/mol. The van der Waals surface area contributed by atoms with E-state index in [9.17, 15) is 14.7 Å². The molecule has 0 fully saturated rings. The maximum Gasteiger partial charge on any atom is 0.308 e. The average Bonchev–Trinajstić information content (AvgIpc) is 2.01. The van der Waals surface area contributed by atoms with Gasteiger partial charge in [0.15, 0.2) is 0 Å². The van der Waals surface area contributed by atoms with E-state index in [-0.39, 0.29) is 19.4 Å². The largest absolute Gasteiger partial charge is 0.466 e. The molecule has 0 aromatic rings. The molecule has 1 atom stereocenters. The molecule has 0 rings (SSSR count). The molecule has 1 unspecified atom stereocenters. The number of hydrogen-bond donors (Lipinski definition) is 1. The van der Waals surface area contributed by atoms with Gasteiger partial charge >= 0.3 is 11.9 Å². The van der Waals surface area contributed by atoms with Crippen molar-refractivity contribution in [2.45, 2.75) is 39.2 Å². The van der Waals surface area contributed by atoms with Crippen molar-refractivity contribution in [2.75, 3.05) is 13.2 Å². The summed E-state index contributed by atoms with van der Waals surface area (Å²) < 4.78 is 9.37. The van der Waals surface area contributed by atoms with Crippen molar-refractivity contribution < 1.29 is 24.2 Å². The van der Waals surface area contributed by atoms with Crippen LogP contribution in [0.5, 0.6) is 0 Å². The van der Waals surface area contributed by atoms with Gasteiger partial charge in [0.2, 0.25) is 0 Å². The fourth-order valence-corrected chi connectivity index (χ4v) is 1.03. The van der Waals surface area contributed by atoms with Gasteiger partial charge in [-0.15, -0.1) is 0 Å². The molecule has 5 nitrogen and oxygen atoms in total. The van der Waals surface area contributed by atoms with Crippen molar-refractivity contribution >= 4 is 11.9 Å². The zero-order chi connectivity index (χ0) is 11.9. The number of carbonyl (C=O) groups is 2. The summed E-state index contributed by atoms with van der Waals surface area (Å²) in [5.41, 5.74) is -1.19. The summed E-state index contributed by atoms with van der Waals surface area (Å²) in [5.74, 6) is -0.854. The number of ether oxygens (including phenoxy) is 2. The third kappa shape index (κ3) is 7.93. The fourth-order valence-electron chi connectivity index (χ4n) is 1.03. The van der Waals surface area contributed by atoms with Gasteiger partial charge in [-0.25, -0.2) is 0 Å². The Morgan fingerprint density at radius 3 is 2.40 bits per heavy atom. The minimum absolute atomic E-state index is 0.0951. The van der Waals surface area contributed by atoms with Gasteiger partial charge in [-0.3, -0.25) is 9.59 Å². The van der Waals surface area contributed by atoms with Crippen molar-refractivity contribution in [1.82, 2.24) is 0 Å². The van der Waals surface area contributed by atoms with Crippen LogP contribution in [0, 0.1) is 0 Å². The standard InChI is InChI=1S/C10H18O5/c1-4-14-9(12)7-10(3,13)5-6-15-8(2)11/h13H,4-7H2,1-3H3. The van der Waals surface area contributed by atoms with Gasteiger partial charge in [-0.05, 0) is 13.8 Å².